The average molecular weight is 315 g/mol. The second kappa shape index (κ2) is 7.08. The zero-order chi connectivity index (χ0) is 16.1. The summed E-state index contributed by atoms with van der Waals surface area (Å²) in [6, 6.07) is 3.87. The third kappa shape index (κ3) is 3.58. The van der Waals surface area contributed by atoms with Gasteiger partial charge in [-0.3, -0.25) is 4.98 Å². The first-order valence-corrected chi connectivity index (χ1v) is 7.83. The van der Waals surface area contributed by atoms with Crippen molar-refractivity contribution in [2.45, 2.75) is 19.4 Å². The number of carbonyl (C=O) groups is 1. The molecule has 2 N–H and O–H groups in total. The molecule has 0 radical (unpaired) electrons. The molecule has 0 aromatic carbocycles. The Balaban J connectivity index is 1.55. The maximum Gasteiger partial charge on any atom is 0.318 e. The SMILES string of the molecule is CC[C@@H](NC(=O)N1CCN(c2ncn[nH]2)CC1)c1ccncc1. The summed E-state index contributed by atoms with van der Waals surface area (Å²) >= 11 is 0. The molecule has 0 unspecified atom stereocenters. The smallest absolute Gasteiger partial charge is 0.318 e. The number of H-pyrrole nitrogens is 1. The van der Waals surface area contributed by atoms with Gasteiger partial charge < -0.3 is 15.1 Å². The summed E-state index contributed by atoms with van der Waals surface area (Å²) in [6.07, 6.45) is 5.84. The molecule has 8 heteroatoms. The number of amides is 2. The van der Waals surface area contributed by atoms with Gasteiger partial charge in [0.1, 0.15) is 6.33 Å². The lowest BCUT2D eigenvalue weighted by molar-refractivity contribution is 0.189. The lowest BCUT2D eigenvalue weighted by atomic mass is 10.1. The molecule has 122 valence electrons. The Morgan fingerprint density at radius 2 is 2.04 bits per heavy atom. The van der Waals surface area contributed by atoms with Crippen LogP contribution in [0.15, 0.2) is 30.9 Å². The van der Waals surface area contributed by atoms with E-state index < -0.39 is 0 Å². The van der Waals surface area contributed by atoms with Gasteiger partial charge in [0.2, 0.25) is 5.95 Å². The van der Waals surface area contributed by atoms with E-state index in [1.165, 1.54) is 6.33 Å². The molecular formula is C15H21N7O. The molecule has 3 heterocycles. The minimum atomic E-state index is -0.0223. The highest BCUT2D eigenvalue weighted by Crippen LogP contribution is 2.16. The fraction of sp³-hybridized carbons (Fsp3) is 0.467. The standard InChI is InChI=1S/C15H21N7O/c1-2-13(12-3-5-16-6-4-12)19-15(23)22-9-7-21(8-10-22)14-17-11-18-20-14/h3-6,11,13H,2,7-10H2,1H3,(H,19,23)(H,17,18,20)/t13-/m1/s1. The van der Waals surface area contributed by atoms with Crippen LogP contribution < -0.4 is 10.2 Å². The third-order valence-electron chi connectivity index (χ3n) is 4.08. The molecule has 0 spiro atoms. The van der Waals surface area contributed by atoms with Crippen LogP contribution in [0.4, 0.5) is 10.7 Å². The molecule has 23 heavy (non-hydrogen) atoms. The monoisotopic (exact) mass is 315 g/mol. The number of urea groups is 1. The number of rotatable bonds is 4. The average Bonchev–Trinajstić information content (AvgIpc) is 3.15. The normalized spacial score (nSPS) is 16.2. The summed E-state index contributed by atoms with van der Waals surface area (Å²) < 4.78 is 0. The first kappa shape index (κ1) is 15.3. The lowest BCUT2D eigenvalue weighted by Crippen LogP contribution is -2.52. The highest BCUT2D eigenvalue weighted by molar-refractivity contribution is 5.75. The Kier molecular flexibility index (Phi) is 4.70. The molecule has 2 aromatic heterocycles. The fourth-order valence-electron chi connectivity index (χ4n) is 2.73. The minimum absolute atomic E-state index is 0.0119. The summed E-state index contributed by atoms with van der Waals surface area (Å²) in [4.78, 5) is 24.6. The van der Waals surface area contributed by atoms with Crippen molar-refractivity contribution >= 4 is 12.0 Å². The van der Waals surface area contributed by atoms with E-state index in [0.717, 1.165) is 31.0 Å². The van der Waals surface area contributed by atoms with Crippen molar-refractivity contribution in [2.24, 2.45) is 0 Å². The number of anilines is 1. The molecule has 0 aliphatic carbocycles. The van der Waals surface area contributed by atoms with E-state index in [1.807, 2.05) is 17.0 Å². The number of hydrogen-bond acceptors (Lipinski definition) is 5. The summed E-state index contributed by atoms with van der Waals surface area (Å²) in [5.41, 5.74) is 1.08. The van der Waals surface area contributed by atoms with Crippen molar-refractivity contribution in [3.05, 3.63) is 36.4 Å². The number of hydrogen-bond donors (Lipinski definition) is 2. The van der Waals surface area contributed by atoms with Crippen LogP contribution in [0.1, 0.15) is 24.9 Å². The molecule has 8 nitrogen and oxygen atoms in total. The molecule has 1 atom stereocenters. The quantitative estimate of drug-likeness (QED) is 0.884. The van der Waals surface area contributed by atoms with Crippen LogP contribution >= 0.6 is 0 Å². The van der Waals surface area contributed by atoms with E-state index >= 15 is 0 Å². The van der Waals surface area contributed by atoms with Gasteiger partial charge in [-0.05, 0) is 24.1 Å². The van der Waals surface area contributed by atoms with Crippen LogP contribution in [0.5, 0.6) is 0 Å². The molecule has 1 aliphatic rings. The summed E-state index contributed by atoms with van der Waals surface area (Å²) in [7, 11) is 0. The molecule has 3 rings (SSSR count). The van der Waals surface area contributed by atoms with E-state index in [2.05, 4.69) is 37.3 Å². The van der Waals surface area contributed by atoms with Crippen molar-refractivity contribution in [3.63, 3.8) is 0 Å². The highest BCUT2D eigenvalue weighted by atomic mass is 16.2. The van der Waals surface area contributed by atoms with Gasteiger partial charge in [0.15, 0.2) is 0 Å². The van der Waals surface area contributed by atoms with Gasteiger partial charge in [0.25, 0.3) is 0 Å². The largest absolute Gasteiger partial charge is 0.338 e. The number of piperazine rings is 1. The number of nitrogens with one attached hydrogen (secondary N) is 2. The van der Waals surface area contributed by atoms with Gasteiger partial charge in [0, 0.05) is 38.6 Å². The molecule has 1 fully saturated rings. The number of carbonyl (C=O) groups excluding carboxylic acids is 1. The first-order valence-electron chi connectivity index (χ1n) is 7.83. The molecule has 2 aromatic rings. The van der Waals surface area contributed by atoms with Crippen LogP contribution in [0.3, 0.4) is 0 Å². The Bertz CT molecular complexity index is 608. The second-order valence-corrected chi connectivity index (χ2v) is 5.47. The summed E-state index contributed by atoms with van der Waals surface area (Å²) in [5, 5.41) is 9.82. The van der Waals surface area contributed by atoms with E-state index in [-0.39, 0.29) is 12.1 Å². The maximum atomic E-state index is 12.5. The van der Waals surface area contributed by atoms with Crippen molar-refractivity contribution in [1.29, 1.82) is 0 Å². The van der Waals surface area contributed by atoms with Crippen LogP contribution in [-0.2, 0) is 0 Å². The first-order chi connectivity index (χ1) is 11.3. The van der Waals surface area contributed by atoms with Crippen molar-refractivity contribution < 1.29 is 4.79 Å². The Hall–Kier alpha value is -2.64. The van der Waals surface area contributed by atoms with Crippen LogP contribution in [0.25, 0.3) is 0 Å². The van der Waals surface area contributed by atoms with E-state index in [4.69, 9.17) is 0 Å². The molecule has 1 aliphatic heterocycles. The molecule has 2 amide bonds. The minimum Gasteiger partial charge on any atom is -0.338 e. The van der Waals surface area contributed by atoms with Crippen molar-refractivity contribution in [3.8, 4) is 0 Å². The zero-order valence-corrected chi connectivity index (χ0v) is 13.1. The Morgan fingerprint density at radius 1 is 1.30 bits per heavy atom. The van der Waals surface area contributed by atoms with Crippen molar-refractivity contribution in [1.82, 2.24) is 30.4 Å². The van der Waals surface area contributed by atoms with Crippen LogP contribution in [-0.4, -0.2) is 57.3 Å². The van der Waals surface area contributed by atoms with E-state index in [1.54, 1.807) is 12.4 Å². The third-order valence-corrected chi connectivity index (χ3v) is 4.08. The molecule has 0 saturated carbocycles. The van der Waals surface area contributed by atoms with Crippen LogP contribution in [0.2, 0.25) is 0 Å². The lowest BCUT2D eigenvalue weighted by Gasteiger charge is -2.35. The number of aromatic nitrogens is 4. The summed E-state index contributed by atoms with van der Waals surface area (Å²) in [5.74, 6) is 0.758. The Labute approximate surface area is 134 Å². The molecule has 1 saturated heterocycles. The topological polar surface area (TPSA) is 90.0 Å². The van der Waals surface area contributed by atoms with Crippen LogP contribution in [0, 0.1) is 0 Å². The van der Waals surface area contributed by atoms with E-state index in [0.29, 0.717) is 13.1 Å². The van der Waals surface area contributed by atoms with Gasteiger partial charge in [-0.2, -0.15) is 10.1 Å². The predicted molar refractivity (Wildman–Crippen MR) is 86.0 cm³/mol. The van der Waals surface area contributed by atoms with Gasteiger partial charge in [0.05, 0.1) is 6.04 Å². The van der Waals surface area contributed by atoms with Gasteiger partial charge in [-0.15, -0.1) is 0 Å². The summed E-state index contributed by atoms with van der Waals surface area (Å²) in [6.45, 7) is 4.88. The molecule has 0 bridgehead atoms. The number of nitrogens with zero attached hydrogens (tertiary/aromatic N) is 5. The number of aromatic amines is 1. The number of pyridine rings is 1. The maximum absolute atomic E-state index is 12.5. The van der Waals surface area contributed by atoms with Crippen molar-refractivity contribution in [2.75, 3.05) is 31.1 Å². The van der Waals surface area contributed by atoms with Gasteiger partial charge in [-0.1, -0.05) is 6.92 Å². The zero-order valence-electron chi connectivity index (χ0n) is 13.1. The molecular weight excluding hydrogens is 294 g/mol. The van der Waals surface area contributed by atoms with Gasteiger partial charge in [-0.25, -0.2) is 9.89 Å². The Morgan fingerprint density at radius 3 is 2.65 bits per heavy atom. The second-order valence-electron chi connectivity index (χ2n) is 5.47. The predicted octanol–water partition coefficient (Wildman–Crippen LogP) is 1.18. The van der Waals surface area contributed by atoms with E-state index in [9.17, 15) is 4.79 Å². The highest BCUT2D eigenvalue weighted by Gasteiger charge is 2.24. The van der Waals surface area contributed by atoms with Gasteiger partial charge >= 0.3 is 6.03 Å². The fourth-order valence-corrected chi connectivity index (χ4v) is 2.73.